The topological polar surface area (TPSA) is 49.4 Å². The number of hydrogen-bond donors (Lipinski definition) is 1. The number of benzene rings is 1. The van der Waals surface area contributed by atoms with Crippen LogP contribution in [0.1, 0.15) is 24.0 Å². The van der Waals surface area contributed by atoms with Crippen LogP contribution in [0.3, 0.4) is 0 Å². The third-order valence-corrected chi connectivity index (χ3v) is 3.92. The monoisotopic (exact) mass is 328 g/mol. The summed E-state index contributed by atoms with van der Waals surface area (Å²) in [4.78, 5) is 24.7. The quantitative estimate of drug-likeness (QED) is 0.925. The Morgan fingerprint density at radius 1 is 1.17 bits per heavy atom. The summed E-state index contributed by atoms with van der Waals surface area (Å²) >= 11 is 0. The molecular formula is C16H19F3N2O2. The second kappa shape index (κ2) is 7.02. The van der Waals surface area contributed by atoms with E-state index in [2.05, 4.69) is 0 Å². The first-order chi connectivity index (χ1) is 10.8. The molecule has 0 aliphatic carbocycles. The predicted molar refractivity (Wildman–Crippen MR) is 78.7 cm³/mol. The molecule has 1 N–H and O–H groups in total. The highest BCUT2D eigenvalue weighted by Crippen LogP contribution is 2.18. The molecule has 0 atom stereocenters. The number of nitrogens with one attached hydrogen (secondary N) is 1. The normalized spacial score (nSPS) is 16.3. The second-order valence-electron chi connectivity index (χ2n) is 5.79. The van der Waals surface area contributed by atoms with Crippen LogP contribution in [0.5, 0.6) is 0 Å². The number of hydrogen-bond acceptors (Lipinski definition) is 2. The number of carbonyl (C=O) groups excluding carboxylic acids is 2. The summed E-state index contributed by atoms with van der Waals surface area (Å²) in [6.07, 6.45) is -3.92. The lowest BCUT2D eigenvalue weighted by Gasteiger charge is -2.32. The molecule has 2 rings (SSSR count). The number of amides is 2. The SMILES string of the molecule is Cc1ccc(CC(=O)N2CCC(NC(=O)C(F)(F)F)CC2)cc1. The molecule has 0 unspecified atom stereocenters. The molecule has 0 radical (unpaired) electrons. The van der Waals surface area contributed by atoms with Crippen LogP contribution in [-0.4, -0.2) is 42.0 Å². The molecule has 1 heterocycles. The van der Waals surface area contributed by atoms with Gasteiger partial charge in [-0.3, -0.25) is 9.59 Å². The maximum absolute atomic E-state index is 12.2. The summed E-state index contributed by atoms with van der Waals surface area (Å²) in [6.45, 7) is 2.67. The molecule has 4 nitrogen and oxygen atoms in total. The molecule has 1 aliphatic heterocycles. The molecule has 1 aromatic rings. The zero-order valence-corrected chi connectivity index (χ0v) is 12.8. The number of likely N-dealkylation sites (tertiary alicyclic amines) is 1. The average Bonchev–Trinajstić information content (AvgIpc) is 2.49. The fourth-order valence-electron chi connectivity index (χ4n) is 2.53. The maximum atomic E-state index is 12.2. The molecule has 0 aromatic heterocycles. The van der Waals surface area contributed by atoms with Crippen LogP contribution < -0.4 is 5.32 Å². The molecule has 1 fully saturated rings. The van der Waals surface area contributed by atoms with E-state index in [1.54, 1.807) is 4.90 Å². The number of piperidine rings is 1. The Labute approximate surface area is 132 Å². The molecule has 0 spiro atoms. The molecular weight excluding hydrogens is 309 g/mol. The van der Waals surface area contributed by atoms with Gasteiger partial charge in [0.1, 0.15) is 0 Å². The first-order valence-corrected chi connectivity index (χ1v) is 7.46. The third kappa shape index (κ3) is 4.97. The Balaban J connectivity index is 1.81. The number of nitrogens with zero attached hydrogens (tertiary/aromatic N) is 1. The van der Waals surface area contributed by atoms with Gasteiger partial charge in [-0.05, 0) is 25.3 Å². The molecule has 0 saturated carbocycles. The number of rotatable bonds is 3. The van der Waals surface area contributed by atoms with E-state index in [1.807, 2.05) is 36.5 Å². The summed E-state index contributed by atoms with van der Waals surface area (Å²) in [5.41, 5.74) is 2.02. The molecule has 1 aliphatic rings. The van der Waals surface area contributed by atoms with Crippen LogP contribution in [0.2, 0.25) is 0 Å². The molecule has 23 heavy (non-hydrogen) atoms. The Morgan fingerprint density at radius 2 is 1.74 bits per heavy atom. The molecule has 1 saturated heterocycles. The van der Waals surface area contributed by atoms with E-state index in [-0.39, 0.29) is 12.3 Å². The van der Waals surface area contributed by atoms with Crippen LogP contribution in [0.4, 0.5) is 13.2 Å². The van der Waals surface area contributed by atoms with Crippen molar-refractivity contribution in [3.8, 4) is 0 Å². The van der Waals surface area contributed by atoms with Gasteiger partial charge in [-0.15, -0.1) is 0 Å². The van der Waals surface area contributed by atoms with Gasteiger partial charge in [0.05, 0.1) is 6.42 Å². The first kappa shape index (κ1) is 17.3. The largest absolute Gasteiger partial charge is 0.471 e. The van der Waals surface area contributed by atoms with Crippen molar-refractivity contribution in [1.29, 1.82) is 0 Å². The molecule has 2 amide bonds. The Hall–Kier alpha value is -2.05. The van der Waals surface area contributed by atoms with E-state index in [0.717, 1.165) is 11.1 Å². The second-order valence-corrected chi connectivity index (χ2v) is 5.79. The number of carbonyl (C=O) groups is 2. The number of halogens is 3. The smallest absolute Gasteiger partial charge is 0.345 e. The minimum absolute atomic E-state index is 0.0468. The number of alkyl halides is 3. The maximum Gasteiger partial charge on any atom is 0.471 e. The van der Waals surface area contributed by atoms with Crippen molar-refractivity contribution in [2.24, 2.45) is 0 Å². The average molecular weight is 328 g/mol. The Morgan fingerprint density at radius 3 is 2.26 bits per heavy atom. The van der Waals surface area contributed by atoms with E-state index in [9.17, 15) is 22.8 Å². The summed E-state index contributed by atoms with van der Waals surface area (Å²) in [5.74, 6) is -1.96. The third-order valence-electron chi connectivity index (χ3n) is 3.92. The van der Waals surface area contributed by atoms with E-state index in [0.29, 0.717) is 25.9 Å². The number of aryl methyl sites for hydroxylation is 1. The van der Waals surface area contributed by atoms with Crippen LogP contribution in [0, 0.1) is 6.92 Å². The van der Waals surface area contributed by atoms with Crippen molar-refractivity contribution in [2.45, 2.75) is 38.4 Å². The Bertz CT molecular complexity index is 562. The van der Waals surface area contributed by atoms with Gasteiger partial charge >= 0.3 is 12.1 Å². The van der Waals surface area contributed by atoms with Gasteiger partial charge in [-0.2, -0.15) is 13.2 Å². The lowest BCUT2D eigenvalue weighted by atomic mass is 10.0. The van der Waals surface area contributed by atoms with E-state index in [1.165, 1.54) is 0 Å². The highest BCUT2D eigenvalue weighted by atomic mass is 19.4. The van der Waals surface area contributed by atoms with Gasteiger partial charge in [0.2, 0.25) is 5.91 Å². The predicted octanol–water partition coefficient (Wildman–Crippen LogP) is 2.21. The van der Waals surface area contributed by atoms with Crippen LogP contribution in [0.15, 0.2) is 24.3 Å². The summed E-state index contributed by atoms with van der Waals surface area (Å²) in [5, 5.41) is 1.97. The van der Waals surface area contributed by atoms with Crippen molar-refractivity contribution >= 4 is 11.8 Å². The minimum atomic E-state index is -4.86. The molecule has 7 heteroatoms. The van der Waals surface area contributed by atoms with Crippen molar-refractivity contribution < 1.29 is 22.8 Å². The lowest BCUT2D eigenvalue weighted by molar-refractivity contribution is -0.174. The molecule has 126 valence electrons. The van der Waals surface area contributed by atoms with Crippen molar-refractivity contribution in [1.82, 2.24) is 10.2 Å². The fourth-order valence-corrected chi connectivity index (χ4v) is 2.53. The van der Waals surface area contributed by atoms with Gasteiger partial charge in [-0.25, -0.2) is 0 Å². The van der Waals surface area contributed by atoms with Crippen LogP contribution in [-0.2, 0) is 16.0 Å². The molecule has 0 bridgehead atoms. The zero-order chi connectivity index (χ0) is 17.0. The first-order valence-electron chi connectivity index (χ1n) is 7.46. The van der Waals surface area contributed by atoms with Crippen molar-refractivity contribution in [3.05, 3.63) is 35.4 Å². The van der Waals surface area contributed by atoms with Gasteiger partial charge in [0.25, 0.3) is 0 Å². The van der Waals surface area contributed by atoms with Gasteiger partial charge in [0, 0.05) is 19.1 Å². The fraction of sp³-hybridized carbons (Fsp3) is 0.500. The highest BCUT2D eigenvalue weighted by molar-refractivity contribution is 5.82. The summed E-state index contributed by atoms with van der Waals surface area (Å²) in [7, 11) is 0. The lowest BCUT2D eigenvalue weighted by Crippen LogP contribution is -2.49. The van der Waals surface area contributed by atoms with Crippen LogP contribution >= 0.6 is 0 Å². The minimum Gasteiger partial charge on any atom is -0.345 e. The van der Waals surface area contributed by atoms with Crippen LogP contribution in [0.25, 0.3) is 0 Å². The molecule has 1 aromatic carbocycles. The standard InChI is InChI=1S/C16H19F3N2O2/c1-11-2-4-12(5-3-11)10-14(22)21-8-6-13(7-9-21)20-15(23)16(17,18)19/h2-5,13H,6-10H2,1H3,(H,20,23). The van der Waals surface area contributed by atoms with Gasteiger partial charge < -0.3 is 10.2 Å². The Kier molecular flexibility index (Phi) is 5.28. The van der Waals surface area contributed by atoms with E-state index in [4.69, 9.17) is 0 Å². The summed E-state index contributed by atoms with van der Waals surface area (Å²) in [6, 6.07) is 7.11. The van der Waals surface area contributed by atoms with E-state index < -0.39 is 18.1 Å². The van der Waals surface area contributed by atoms with Gasteiger partial charge in [0.15, 0.2) is 0 Å². The zero-order valence-electron chi connectivity index (χ0n) is 12.8. The van der Waals surface area contributed by atoms with Crippen molar-refractivity contribution in [3.63, 3.8) is 0 Å². The van der Waals surface area contributed by atoms with Gasteiger partial charge in [-0.1, -0.05) is 29.8 Å². The highest BCUT2D eigenvalue weighted by Gasteiger charge is 2.40. The van der Waals surface area contributed by atoms with Crippen molar-refractivity contribution in [2.75, 3.05) is 13.1 Å². The summed E-state index contributed by atoms with van der Waals surface area (Å²) < 4.78 is 36.6. The van der Waals surface area contributed by atoms with E-state index >= 15 is 0 Å².